The lowest BCUT2D eigenvalue weighted by Crippen LogP contribution is -2.07. The van der Waals surface area contributed by atoms with E-state index in [4.69, 9.17) is 27.6 Å². The van der Waals surface area contributed by atoms with E-state index in [1.54, 1.807) is 36.4 Å². The van der Waals surface area contributed by atoms with Gasteiger partial charge in [0.2, 0.25) is 5.91 Å². The van der Waals surface area contributed by atoms with Crippen molar-refractivity contribution < 1.29 is 9.21 Å². The van der Waals surface area contributed by atoms with Gasteiger partial charge in [-0.2, -0.15) is 0 Å². The van der Waals surface area contributed by atoms with Gasteiger partial charge >= 0.3 is 0 Å². The van der Waals surface area contributed by atoms with Crippen molar-refractivity contribution in [2.45, 2.75) is 0 Å². The monoisotopic (exact) mass is 473 g/mol. The van der Waals surface area contributed by atoms with Gasteiger partial charge in [0.1, 0.15) is 17.3 Å². The first-order chi connectivity index (χ1) is 16.0. The van der Waals surface area contributed by atoms with Crippen molar-refractivity contribution in [3.8, 4) is 22.7 Å². The number of furan rings is 1. The highest BCUT2D eigenvalue weighted by atomic mass is 35.5. The number of aromatic nitrogens is 2. The van der Waals surface area contributed by atoms with Crippen LogP contribution in [0.1, 0.15) is 5.76 Å². The van der Waals surface area contributed by atoms with Gasteiger partial charge in [-0.3, -0.25) is 4.79 Å². The molecule has 5 aromatic rings. The van der Waals surface area contributed by atoms with E-state index in [0.717, 1.165) is 28.0 Å². The molecule has 33 heavy (non-hydrogen) atoms. The number of nitrogens with zero attached hydrogens (tertiary/aromatic N) is 1. The van der Waals surface area contributed by atoms with Crippen LogP contribution < -0.4 is 5.32 Å². The minimum Gasteiger partial charge on any atom is -0.457 e. The van der Waals surface area contributed by atoms with Gasteiger partial charge in [0.15, 0.2) is 0 Å². The van der Waals surface area contributed by atoms with Gasteiger partial charge in [0, 0.05) is 27.9 Å². The number of amides is 1. The minimum atomic E-state index is -0.269. The fourth-order valence-electron chi connectivity index (χ4n) is 3.42. The lowest BCUT2D eigenvalue weighted by molar-refractivity contribution is -0.111. The highest BCUT2D eigenvalue weighted by molar-refractivity contribution is 6.36. The van der Waals surface area contributed by atoms with Crippen LogP contribution in [0.25, 0.3) is 39.8 Å². The molecule has 5 rings (SSSR count). The quantitative estimate of drug-likeness (QED) is 0.260. The van der Waals surface area contributed by atoms with Gasteiger partial charge in [-0.1, -0.05) is 35.3 Å². The maximum Gasteiger partial charge on any atom is 0.248 e. The third-order valence-corrected chi connectivity index (χ3v) is 5.59. The van der Waals surface area contributed by atoms with Crippen molar-refractivity contribution in [2.24, 2.45) is 0 Å². The summed E-state index contributed by atoms with van der Waals surface area (Å²) in [4.78, 5) is 20.2. The van der Waals surface area contributed by atoms with Gasteiger partial charge in [0.05, 0.1) is 16.1 Å². The zero-order valence-electron chi connectivity index (χ0n) is 17.2. The molecule has 0 aliphatic heterocycles. The Morgan fingerprint density at radius 3 is 2.58 bits per heavy atom. The number of hydrogen-bond donors (Lipinski definition) is 2. The summed E-state index contributed by atoms with van der Waals surface area (Å²) in [6.07, 6.45) is 3.02. The first-order valence-corrected chi connectivity index (χ1v) is 10.9. The molecule has 1 amide bonds. The van der Waals surface area contributed by atoms with Crippen LogP contribution in [0, 0.1) is 0 Å². The van der Waals surface area contributed by atoms with E-state index in [1.165, 1.54) is 6.08 Å². The van der Waals surface area contributed by atoms with Crippen LogP contribution in [0.3, 0.4) is 0 Å². The summed E-state index contributed by atoms with van der Waals surface area (Å²) in [5.74, 6) is 1.64. The molecular weight excluding hydrogens is 457 g/mol. The molecule has 0 spiro atoms. The number of carbonyl (C=O) groups is 1. The Labute approximate surface area is 199 Å². The maximum atomic E-state index is 12.3. The van der Waals surface area contributed by atoms with Crippen LogP contribution in [-0.4, -0.2) is 15.9 Å². The number of nitrogens with one attached hydrogen (secondary N) is 2. The van der Waals surface area contributed by atoms with E-state index in [0.29, 0.717) is 27.3 Å². The molecule has 0 fully saturated rings. The Balaban J connectivity index is 1.24. The largest absolute Gasteiger partial charge is 0.457 e. The molecule has 3 aromatic carbocycles. The average molecular weight is 474 g/mol. The number of para-hydroxylation sites is 2. The van der Waals surface area contributed by atoms with E-state index in [-0.39, 0.29) is 5.91 Å². The molecule has 0 aliphatic rings. The zero-order valence-corrected chi connectivity index (χ0v) is 18.7. The zero-order chi connectivity index (χ0) is 22.8. The molecule has 0 saturated heterocycles. The Hall–Kier alpha value is -3.80. The summed E-state index contributed by atoms with van der Waals surface area (Å²) >= 11 is 12.2. The predicted molar refractivity (Wildman–Crippen MR) is 133 cm³/mol. The number of benzene rings is 3. The third kappa shape index (κ3) is 4.70. The molecule has 2 N–H and O–H groups in total. The molecule has 0 bridgehead atoms. The number of imidazole rings is 1. The number of rotatable bonds is 5. The van der Waals surface area contributed by atoms with E-state index < -0.39 is 0 Å². The number of halogens is 2. The molecule has 7 heteroatoms. The Morgan fingerprint density at radius 1 is 0.970 bits per heavy atom. The standard InChI is InChI=1S/C26H17Cl2N3O2/c27-17-7-12-20(21(28)15-17)24-13-10-19(33-24)11-14-25(32)29-18-8-5-16(6-9-18)26-30-22-3-1-2-4-23(22)31-26/h1-15H,(H,29,32)(H,30,31)/b14-11-. The van der Waals surface area contributed by atoms with Crippen molar-refractivity contribution >= 4 is 51.9 Å². The lowest BCUT2D eigenvalue weighted by atomic mass is 10.2. The molecular formula is C26H17Cl2N3O2. The smallest absolute Gasteiger partial charge is 0.248 e. The Morgan fingerprint density at radius 2 is 1.79 bits per heavy atom. The molecule has 162 valence electrons. The van der Waals surface area contributed by atoms with Crippen molar-refractivity contribution in [1.29, 1.82) is 0 Å². The number of hydrogen-bond acceptors (Lipinski definition) is 3. The molecule has 0 unspecified atom stereocenters. The first-order valence-electron chi connectivity index (χ1n) is 10.1. The van der Waals surface area contributed by atoms with Crippen LogP contribution in [0.4, 0.5) is 5.69 Å². The summed E-state index contributed by atoms with van der Waals surface area (Å²) in [7, 11) is 0. The summed E-state index contributed by atoms with van der Waals surface area (Å²) < 4.78 is 5.78. The topological polar surface area (TPSA) is 70.9 Å². The molecule has 0 radical (unpaired) electrons. The second-order valence-corrected chi connectivity index (χ2v) is 8.17. The normalized spacial score (nSPS) is 11.3. The van der Waals surface area contributed by atoms with Gasteiger partial charge in [0.25, 0.3) is 0 Å². The summed E-state index contributed by atoms with van der Waals surface area (Å²) in [5.41, 5.74) is 4.24. The van der Waals surface area contributed by atoms with Crippen molar-refractivity contribution in [3.05, 3.63) is 101 Å². The molecule has 5 nitrogen and oxygen atoms in total. The minimum absolute atomic E-state index is 0.269. The SMILES string of the molecule is O=C(/C=C\c1ccc(-c2ccc(Cl)cc2Cl)o1)Nc1ccc(-c2nc3ccccc3[nH]2)cc1. The van der Waals surface area contributed by atoms with Gasteiger partial charge < -0.3 is 14.7 Å². The van der Waals surface area contributed by atoms with Crippen LogP contribution in [0.2, 0.25) is 10.0 Å². The fourth-order valence-corrected chi connectivity index (χ4v) is 3.92. The van der Waals surface area contributed by atoms with E-state index >= 15 is 0 Å². The van der Waals surface area contributed by atoms with Crippen molar-refractivity contribution in [2.75, 3.05) is 5.32 Å². The summed E-state index contributed by atoms with van der Waals surface area (Å²) in [6.45, 7) is 0. The molecule has 0 atom stereocenters. The van der Waals surface area contributed by atoms with Gasteiger partial charge in [-0.15, -0.1) is 0 Å². The lowest BCUT2D eigenvalue weighted by Gasteiger charge is -2.03. The molecule has 2 aromatic heterocycles. The summed E-state index contributed by atoms with van der Waals surface area (Å²) in [6, 6.07) is 24.1. The maximum absolute atomic E-state index is 12.3. The van der Waals surface area contributed by atoms with Gasteiger partial charge in [-0.25, -0.2) is 4.98 Å². The Bertz CT molecular complexity index is 1450. The highest BCUT2D eigenvalue weighted by Gasteiger charge is 2.09. The number of aromatic amines is 1. The van der Waals surface area contributed by atoms with E-state index in [2.05, 4.69) is 15.3 Å². The van der Waals surface area contributed by atoms with Crippen LogP contribution in [0.5, 0.6) is 0 Å². The Kier molecular flexibility index (Phi) is 5.73. The number of carbonyl (C=O) groups excluding carboxylic acids is 1. The molecule has 0 saturated carbocycles. The van der Waals surface area contributed by atoms with Gasteiger partial charge in [-0.05, 0) is 72.8 Å². The average Bonchev–Trinajstić information content (AvgIpc) is 3.45. The number of anilines is 1. The highest BCUT2D eigenvalue weighted by Crippen LogP contribution is 2.31. The van der Waals surface area contributed by atoms with Crippen LogP contribution >= 0.6 is 23.2 Å². The number of H-pyrrole nitrogens is 1. The molecule has 2 heterocycles. The van der Waals surface area contributed by atoms with Crippen LogP contribution in [0.15, 0.2) is 89.4 Å². The molecule has 0 aliphatic carbocycles. The summed E-state index contributed by atoms with van der Waals surface area (Å²) in [5, 5.41) is 3.89. The van der Waals surface area contributed by atoms with Crippen LogP contribution in [-0.2, 0) is 4.79 Å². The second kappa shape index (κ2) is 8.98. The van der Waals surface area contributed by atoms with Crippen molar-refractivity contribution in [1.82, 2.24) is 9.97 Å². The number of fused-ring (bicyclic) bond motifs is 1. The first kappa shape index (κ1) is 21.1. The van der Waals surface area contributed by atoms with E-state index in [9.17, 15) is 4.79 Å². The fraction of sp³-hybridized carbons (Fsp3) is 0. The third-order valence-electron chi connectivity index (χ3n) is 5.04. The second-order valence-electron chi connectivity index (χ2n) is 7.33. The van der Waals surface area contributed by atoms with Crippen molar-refractivity contribution in [3.63, 3.8) is 0 Å². The van der Waals surface area contributed by atoms with E-state index in [1.807, 2.05) is 48.5 Å². The predicted octanol–water partition coefficient (Wildman–Crippen LogP) is 7.45.